The smallest absolute Gasteiger partial charge is 0.227 e. The summed E-state index contributed by atoms with van der Waals surface area (Å²) in [5, 5.41) is 8.46. The average molecular weight is 154 g/mol. The van der Waals surface area contributed by atoms with Crippen LogP contribution in [0.3, 0.4) is 0 Å². The molecule has 1 rings (SSSR count). The molecule has 0 saturated heterocycles. The van der Waals surface area contributed by atoms with Crippen molar-refractivity contribution >= 4 is 6.08 Å². The first-order valence-electron chi connectivity index (χ1n) is 3.41. The van der Waals surface area contributed by atoms with Gasteiger partial charge < -0.3 is 0 Å². The highest BCUT2D eigenvalue weighted by Gasteiger charge is 1.91. The van der Waals surface area contributed by atoms with Crippen molar-refractivity contribution in [3.8, 4) is 6.07 Å². The molecule has 0 spiro atoms. The van der Waals surface area contributed by atoms with E-state index < -0.39 is 0 Å². The lowest BCUT2D eigenvalue weighted by molar-refractivity contribution is 1.50. The van der Waals surface area contributed by atoms with Gasteiger partial charge in [0.15, 0.2) is 0 Å². The fourth-order valence-corrected chi connectivity index (χ4v) is 0.797. The zero-order valence-electron chi connectivity index (χ0n) is 6.36. The molecule has 1 aromatic carbocycles. The van der Waals surface area contributed by atoms with Crippen molar-refractivity contribution < 1.29 is 0 Å². The summed E-state index contributed by atoms with van der Waals surface area (Å²) in [7, 11) is 0. The molecule has 0 N–H and O–H groups in total. The van der Waals surface area contributed by atoms with Crippen LogP contribution in [0.25, 0.3) is 10.9 Å². The van der Waals surface area contributed by atoms with E-state index in [1.807, 2.05) is 36.4 Å². The van der Waals surface area contributed by atoms with Crippen LogP contribution < -0.4 is 0 Å². The van der Waals surface area contributed by atoms with Gasteiger partial charge in [-0.05, 0) is 11.6 Å². The molecule has 2 nitrogen and oxygen atoms in total. The summed E-state index contributed by atoms with van der Waals surface area (Å²) in [6, 6.07) is 11.1. The van der Waals surface area contributed by atoms with Crippen LogP contribution in [0.4, 0.5) is 0 Å². The summed E-state index contributed by atoms with van der Waals surface area (Å²) in [4.78, 5) is 3.05. The molecule has 12 heavy (non-hydrogen) atoms. The van der Waals surface area contributed by atoms with Crippen molar-refractivity contribution in [1.82, 2.24) is 0 Å². The number of benzene rings is 1. The number of hydrogen-bond acceptors (Lipinski definition) is 1. The van der Waals surface area contributed by atoms with Crippen molar-refractivity contribution in [1.29, 1.82) is 5.26 Å². The van der Waals surface area contributed by atoms with E-state index in [2.05, 4.69) is 4.85 Å². The second-order valence-corrected chi connectivity index (χ2v) is 2.16. The van der Waals surface area contributed by atoms with Crippen molar-refractivity contribution in [3.05, 3.63) is 53.0 Å². The minimum atomic E-state index is 0.112. The van der Waals surface area contributed by atoms with Crippen LogP contribution >= 0.6 is 0 Å². The molecule has 0 fully saturated rings. The summed E-state index contributed by atoms with van der Waals surface area (Å²) < 4.78 is 0. The Morgan fingerprint density at radius 2 is 2.08 bits per heavy atom. The van der Waals surface area contributed by atoms with Crippen LogP contribution in [0, 0.1) is 17.9 Å². The highest BCUT2D eigenvalue weighted by atomic mass is 14.7. The number of nitriles is 1. The van der Waals surface area contributed by atoms with E-state index >= 15 is 0 Å². The molecule has 0 aromatic heterocycles. The van der Waals surface area contributed by atoms with Crippen molar-refractivity contribution in [2.45, 2.75) is 0 Å². The van der Waals surface area contributed by atoms with Crippen LogP contribution in [-0.4, -0.2) is 0 Å². The van der Waals surface area contributed by atoms with E-state index in [4.69, 9.17) is 11.8 Å². The van der Waals surface area contributed by atoms with Gasteiger partial charge in [-0.2, -0.15) is 0 Å². The lowest BCUT2D eigenvalue weighted by Crippen LogP contribution is -1.71. The summed E-state index contributed by atoms with van der Waals surface area (Å²) >= 11 is 0. The molecule has 0 bridgehead atoms. The second-order valence-electron chi connectivity index (χ2n) is 2.16. The predicted octanol–water partition coefficient (Wildman–Crippen LogP) is 2.47. The van der Waals surface area contributed by atoms with Crippen molar-refractivity contribution in [2.75, 3.05) is 0 Å². The Morgan fingerprint density at radius 1 is 1.42 bits per heavy atom. The first-order chi connectivity index (χ1) is 5.86. The third-order valence-electron chi connectivity index (χ3n) is 1.34. The maximum Gasteiger partial charge on any atom is 0.262 e. The molecule has 0 heterocycles. The fraction of sp³-hybridized carbons (Fsp3) is 0. The number of nitrogens with zero attached hydrogens (tertiary/aromatic N) is 2. The molecule has 0 aliphatic rings. The number of hydrogen-bond donors (Lipinski definition) is 0. The first kappa shape index (κ1) is 8.04. The Balaban J connectivity index is 2.98. The van der Waals surface area contributed by atoms with E-state index in [9.17, 15) is 0 Å². The first-order valence-corrected chi connectivity index (χ1v) is 3.41. The highest BCUT2D eigenvalue weighted by Crippen LogP contribution is 2.05. The van der Waals surface area contributed by atoms with Gasteiger partial charge in [0.25, 0.3) is 5.70 Å². The predicted molar refractivity (Wildman–Crippen MR) is 46.6 cm³/mol. The van der Waals surface area contributed by atoms with E-state index in [0.717, 1.165) is 5.56 Å². The SMILES string of the molecule is [C-]#[N+]/C(C#N)=C\c1ccccc1. The van der Waals surface area contributed by atoms with Crippen LogP contribution in [0.15, 0.2) is 36.0 Å². The largest absolute Gasteiger partial charge is 0.262 e. The molecule has 0 radical (unpaired) electrons. The average Bonchev–Trinajstić information content (AvgIpc) is 2.16. The van der Waals surface area contributed by atoms with Crippen molar-refractivity contribution in [2.24, 2.45) is 0 Å². The quantitative estimate of drug-likeness (QED) is 0.451. The highest BCUT2D eigenvalue weighted by molar-refractivity contribution is 5.58. The molecule has 0 aliphatic heterocycles. The minimum absolute atomic E-state index is 0.112. The van der Waals surface area contributed by atoms with Crippen LogP contribution in [-0.2, 0) is 0 Å². The minimum Gasteiger partial charge on any atom is -0.227 e. The monoisotopic (exact) mass is 154 g/mol. The van der Waals surface area contributed by atoms with Gasteiger partial charge in [-0.25, -0.2) is 10.1 Å². The Kier molecular flexibility index (Phi) is 2.65. The van der Waals surface area contributed by atoms with Gasteiger partial charge in [0.1, 0.15) is 0 Å². The van der Waals surface area contributed by atoms with Gasteiger partial charge >= 0.3 is 0 Å². The van der Waals surface area contributed by atoms with E-state index in [1.165, 1.54) is 0 Å². The maximum absolute atomic E-state index is 8.46. The third-order valence-corrected chi connectivity index (χ3v) is 1.34. The Labute approximate surface area is 71.2 Å². The van der Waals surface area contributed by atoms with Crippen LogP contribution in [0.2, 0.25) is 0 Å². The molecule has 1 aromatic rings. The fourth-order valence-electron chi connectivity index (χ4n) is 0.797. The second kappa shape index (κ2) is 3.95. The standard InChI is InChI=1S/C10H6N2/c1-12-10(8-11)7-9-5-3-2-4-6-9/h2-7H/b10-7-. The number of rotatable bonds is 1. The Hall–Kier alpha value is -2.06. The topological polar surface area (TPSA) is 28.1 Å². The van der Waals surface area contributed by atoms with Gasteiger partial charge in [-0.1, -0.05) is 30.3 Å². The van der Waals surface area contributed by atoms with Gasteiger partial charge in [0, 0.05) is 0 Å². The molecule has 0 unspecified atom stereocenters. The molecule has 0 aliphatic carbocycles. The van der Waals surface area contributed by atoms with Crippen LogP contribution in [0.1, 0.15) is 5.56 Å². The van der Waals surface area contributed by atoms with Gasteiger partial charge in [-0.3, -0.25) is 0 Å². The summed E-state index contributed by atoms with van der Waals surface area (Å²) in [6.07, 6.45) is 1.56. The summed E-state index contributed by atoms with van der Waals surface area (Å²) in [5.74, 6) is 0. The normalized spacial score (nSPS) is 10.0. The molecular weight excluding hydrogens is 148 g/mol. The zero-order valence-corrected chi connectivity index (χ0v) is 6.36. The molecule has 0 atom stereocenters. The molecule has 0 saturated carbocycles. The maximum atomic E-state index is 8.46. The van der Waals surface area contributed by atoms with E-state index in [1.54, 1.807) is 6.08 Å². The van der Waals surface area contributed by atoms with Crippen molar-refractivity contribution in [3.63, 3.8) is 0 Å². The molecule has 0 amide bonds. The molecular formula is C10H6N2. The number of allylic oxidation sites excluding steroid dienone is 1. The lowest BCUT2D eigenvalue weighted by Gasteiger charge is -1.89. The van der Waals surface area contributed by atoms with E-state index in [-0.39, 0.29) is 5.70 Å². The molecule has 56 valence electrons. The summed E-state index contributed by atoms with van der Waals surface area (Å²) in [6.45, 7) is 6.64. The zero-order chi connectivity index (χ0) is 8.81. The van der Waals surface area contributed by atoms with E-state index in [0.29, 0.717) is 0 Å². The molecule has 2 heteroatoms. The van der Waals surface area contributed by atoms with Gasteiger partial charge in [0.05, 0.1) is 12.6 Å². The van der Waals surface area contributed by atoms with Gasteiger partial charge in [-0.15, -0.1) is 0 Å². The van der Waals surface area contributed by atoms with Crippen LogP contribution in [0.5, 0.6) is 0 Å². The Morgan fingerprint density at radius 3 is 2.58 bits per heavy atom. The lowest BCUT2D eigenvalue weighted by atomic mass is 10.2. The third kappa shape index (κ3) is 1.97. The van der Waals surface area contributed by atoms with Gasteiger partial charge in [0.2, 0.25) is 0 Å². The summed E-state index contributed by atoms with van der Waals surface area (Å²) in [5.41, 5.74) is 0.992. The Bertz CT molecular complexity index is 347.